The molecule has 0 aromatic carbocycles. The molecule has 20 heavy (non-hydrogen) atoms. The van der Waals surface area contributed by atoms with Crippen LogP contribution < -0.4 is 5.32 Å². The van der Waals surface area contributed by atoms with Crippen molar-refractivity contribution in [2.75, 3.05) is 20.6 Å². The summed E-state index contributed by atoms with van der Waals surface area (Å²) in [5.74, 6) is 1.82. The summed E-state index contributed by atoms with van der Waals surface area (Å²) in [6.45, 7) is 10.5. The van der Waals surface area contributed by atoms with Gasteiger partial charge in [-0.05, 0) is 58.2 Å². The number of likely N-dealkylation sites (N-methyl/N-ethyl adjacent to an activating group) is 2. The highest BCUT2D eigenvalue weighted by molar-refractivity contribution is 5.01. The standard InChI is InChI=1S/C18H38N2/c1-7-15-12-11-13-16(14-15)17(19-10-4)18(8-2,9-3)20(5)6/h15-17,19H,7-14H2,1-6H3. The fourth-order valence-electron chi connectivity index (χ4n) is 4.62. The van der Waals surface area contributed by atoms with E-state index in [4.69, 9.17) is 0 Å². The smallest absolute Gasteiger partial charge is 0.0353 e. The van der Waals surface area contributed by atoms with E-state index in [1.165, 1.54) is 44.9 Å². The van der Waals surface area contributed by atoms with Crippen molar-refractivity contribution in [3.63, 3.8) is 0 Å². The fourth-order valence-corrected chi connectivity index (χ4v) is 4.62. The van der Waals surface area contributed by atoms with Crippen molar-refractivity contribution in [3.8, 4) is 0 Å². The molecule has 0 amide bonds. The van der Waals surface area contributed by atoms with E-state index in [0.29, 0.717) is 11.6 Å². The van der Waals surface area contributed by atoms with Gasteiger partial charge in [-0.15, -0.1) is 0 Å². The van der Waals surface area contributed by atoms with E-state index in [-0.39, 0.29) is 0 Å². The third-order valence-electron chi connectivity index (χ3n) is 5.99. The molecule has 1 fully saturated rings. The lowest BCUT2D eigenvalue weighted by atomic mass is 9.69. The second-order valence-corrected chi connectivity index (χ2v) is 6.94. The average Bonchev–Trinajstić information content (AvgIpc) is 2.47. The third-order valence-corrected chi connectivity index (χ3v) is 5.99. The van der Waals surface area contributed by atoms with Crippen LogP contribution in [0.4, 0.5) is 0 Å². The van der Waals surface area contributed by atoms with Crippen molar-refractivity contribution in [2.24, 2.45) is 11.8 Å². The minimum atomic E-state index is 0.316. The zero-order chi connectivity index (χ0) is 15.2. The van der Waals surface area contributed by atoms with Gasteiger partial charge in [-0.1, -0.05) is 47.0 Å². The van der Waals surface area contributed by atoms with E-state index in [2.05, 4.69) is 52.0 Å². The summed E-state index contributed by atoms with van der Waals surface area (Å²) < 4.78 is 0. The maximum Gasteiger partial charge on any atom is 0.0353 e. The minimum absolute atomic E-state index is 0.316. The summed E-state index contributed by atoms with van der Waals surface area (Å²) in [7, 11) is 4.55. The largest absolute Gasteiger partial charge is 0.312 e. The average molecular weight is 283 g/mol. The number of hydrogen-bond acceptors (Lipinski definition) is 2. The highest BCUT2D eigenvalue weighted by Crippen LogP contribution is 2.39. The van der Waals surface area contributed by atoms with Crippen molar-refractivity contribution in [2.45, 2.75) is 84.2 Å². The van der Waals surface area contributed by atoms with Gasteiger partial charge in [0.05, 0.1) is 0 Å². The SMILES string of the molecule is CCNC(C1CCCC(CC)C1)C(CC)(CC)N(C)C. The van der Waals surface area contributed by atoms with Gasteiger partial charge in [-0.3, -0.25) is 0 Å². The van der Waals surface area contributed by atoms with E-state index >= 15 is 0 Å². The van der Waals surface area contributed by atoms with Gasteiger partial charge in [0.25, 0.3) is 0 Å². The predicted molar refractivity (Wildman–Crippen MR) is 90.2 cm³/mol. The molecule has 0 aromatic rings. The molecule has 2 heteroatoms. The summed E-state index contributed by atoms with van der Waals surface area (Å²) in [6, 6.07) is 0.645. The maximum atomic E-state index is 3.88. The van der Waals surface area contributed by atoms with Gasteiger partial charge in [-0.2, -0.15) is 0 Å². The molecule has 0 heterocycles. The van der Waals surface area contributed by atoms with Crippen LogP contribution in [0.5, 0.6) is 0 Å². The Labute approximate surface area is 127 Å². The second-order valence-electron chi connectivity index (χ2n) is 6.94. The first-order valence-corrected chi connectivity index (χ1v) is 8.96. The van der Waals surface area contributed by atoms with E-state index in [0.717, 1.165) is 18.4 Å². The molecule has 0 radical (unpaired) electrons. The zero-order valence-electron chi connectivity index (χ0n) is 14.8. The van der Waals surface area contributed by atoms with Gasteiger partial charge in [-0.25, -0.2) is 0 Å². The van der Waals surface area contributed by atoms with Crippen LogP contribution in [0.15, 0.2) is 0 Å². The monoisotopic (exact) mass is 282 g/mol. The molecule has 0 aliphatic heterocycles. The molecule has 0 spiro atoms. The molecule has 0 aromatic heterocycles. The lowest BCUT2D eigenvalue weighted by Crippen LogP contribution is -2.61. The Morgan fingerprint density at radius 2 is 1.75 bits per heavy atom. The first kappa shape index (κ1) is 18.0. The molecule has 1 rings (SSSR count). The van der Waals surface area contributed by atoms with Crippen LogP contribution in [0.2, 0.25) is 0 Å². The Balaban J connectivity index is 2.95. The summed E-state index contributed by atoms with van der Waals surface area (Å²) in [5.41, 5.74) is 0.316. The van der Waals surface area contributed by atoms with Crippen LogP contribution in [-0.4, -0.2) is 37.1 Å². The highest BCUT2D eigenvalue weighted by Gasteiger charge is 2.42. The first-order valence-electron chi connectivity index (χ1n) is 8.96. The zero-order valence-corrected chi connectivity index (χ0v) is 14.8. The molecule has 120 valence electrons. The van der Waals surface area contributed by atoms with E-state index in [9.17, 15) is 0 Å². The van der Waals surface area contributed by atoms with Crippen molar-refractivity contribution < 1.29 is 0 Å². The van der Waals surface area contributed by atoms with Gasteiger partial charge in [0.15, 0.2) is 0 Å². The molecular formula is C18H38N2. The Morgan fingerprint density at radius 3 is 2.20 bits per heavy atom. The molecule has 3 atom stereocenters. The predicted octanol–water partition coefficient (Wildman–Crippen LogP) is 4.30. The number of nitrogens with one attached hydrogen (secondary N) is 1. The third kappa shape index (κ3) is 3.76. The molecule has 1 N–H and O–H groups in total. The fraction of sp³-hybridized carbons (Fsp3) is 1.00. The van der Waals surface area contributed by atoms with Crippen LogP contribution >= 0.6 is 0 Å². The summed E-state index contributed by atoms with van der Waals surface area (Å²) in [4.78, 5) is 2.50. The van der Waals surface area contributed by atoms with Crippen LogP contribution in [0.1, 0.15) is 72.6 Å². The molecular weight excluding hydrogens is 244 g/mol. The Morgan fingerprint density at radius 1 is 1.10 bits per heavy atom. The lowest BCUT2D eigenvalue weighted by Gasteiger charge is -2.50. The Hall–Kier alpha value is -0.0800. The molecule has 1 aliphatic carbocycles. The van der Waals surface area contributed by atoms with Crippen molar-refractivity contribution >= 4 is 0 Å². The number of nitrogens with zero attached hydrogens (tertiary/aromatic N) is 1. The Bertz CT molecular complexity index is 258. The number of hydrogen-bond donors (Lipinski definition) is 1. The normalized spacial score (nSPS) is 25.9. The molecule has 3 unspecified atom stereocenters. The van der Waals surface area contributed by atoms with Gasteiger partial charge < -0.3 is 10.2 Å². The number of rotatable bonds is 8. The molecule has 0 saturated heterocycles. The molecule has 1 aliphatic rings. The van der Waals surface area contributed by atoms with Crippen molar-refractivity contribution in [1.82, 2.24) is 10.2 Å². The van der Waals surface area contributed by atoms with E-state index in [1.807, 2.05) is 0 Å². The molecule has 1 saturated carbocycles. The maximum absolute atomic E-state index is 3.88. The van der Waals surface area contributed by atoms with Gasteiger partial charge in [0.2, 0.25) is 0 Å². The summed E-state index contributed by atoms with van der Waals surface area (Å²) >= 11 is 0. The van der Waals surface area contributed by atoms with Gasteiger partial charge >= 0.3 is 0 Å². The van der Waals surface area contributed by atoms with Crippen LogP contribution in [-0.2, 0) is 0 Å². The van der Waals surface area contributed by atoms with Crippen LogP contribution in [0, 0.1) is 11.8 Å². The summed E-state index contributed by atoms with van der Waals surface area (Å²) in [6.07, 6.45) is 9.58. The molecule has 2 nitrogen and oxygen atoms in total. The van der Waals surface area contributed by atoms with E-state index in [1.54, 1.807) is 0 Å². The van der Waals surface area contributed by atoms with Gasteiger partial charge in [0, 0.05) is 11.6 Å². The second kappa shape index (κ2) is 8.38. The molecule has 0 bridgehead atoms. The lowest BCUT2D eigenvalue weighted by molar-refractivity contribution is 0.0412. The topological polar surface area (TPSA) is 15.3 Å². The van der Waals surface area contributed by atoms with Crippen molar-refractivity contribution in [3.05, 3.63) is 0 Å². The van der Waals surface area contributed by atoms with Crippen LogP contribution in [0.3, 0.4) is 0 Å². The van der Waals surface area contributed by atoms with Crippen LogP contribution in [0.25, 0.3) is 0 Å². The highest BCUT2D eigenvalue weighted by atomic mass is 15.2. The Kier molecular flexibility index (Phi) is 7.53. The minimum Gasteiger partial charge on any atom is -0.312 e. The first-order chi connectivity index (χ1) is 9.55. The van der Waals surface area contributed by atoms with E-state index < -0.39 is 0 Å². The van der Waals surface area contributed by atoms with Gasteiger partial charge in [0.1, 0.15) is 0 Å². The quantitative estimate of drug-likeness (QED) is 0.714. The summed E-state index contributed by atoms with van der Waals surface area (Å²) in [5, 5.41) is 3.88. The van der Waals surface area contributed by atoms with Crippen molar-refractivity contribution in [1.29, 1.82) is 0 Å².